The van der Waals surface area contributed by atoms with Crippen LogP contribution < -0.4 is 5.32 Å². The van der Waals surface area contributed by atoms with E-state index in [4.69, 9.17) is 11.6 Å². The third kappa shape index (κ3) is 4.60. The number of halogens is 1. The van der Waals surface area contributed by atoms with Gasteiger partial charge in [-0.15, -0.1) is 0 Å². The highest BCUT2D eigenvalue weighted by atomic mass is 35.5. The first-order chi connectivity index (χ1) is 10.5. The fourth-order valence-corrected chi connectivity index (χ4v) is 2.65. The highest BCUT2D eigenvalue weighted by Crippen LogP contribution is 2.19. The fourth-order valence-electron chi connectivity index (χ4n) is 2.53. The molecule has 0 radical (unpaired) electrons. The van der Waals surface area contributed by atoms with E-state index in [1.165, 1.54) is 16.7 Å². The van der Waals surface area contributed by atoms with Crippen LogP contribution in [-0.4, -0.2) is 5.91 Å². The zero-order valence-corrected chi connectivity index (χ0v) is 14.1. The molecule has 0 fully saturated rings. The van der Waals surface area contributed by atoms with Crippen molar-refractivity contribution in [2.75, 3.05) is 0 Å². The first kappa shape index (κ1) is 16.6. The van der Waals surface area contributed by atoms with Gasteiger partial charge in [-0.25, -0.2) is 0 Å². The number of hydrogen-bond acceptors (Lipinski definition) is 1. The number of nitrogens with one attached hydrogen (secondary N) is 1. The van der Waals surface area contributed by atoms with Crippen molar-refractivity contribution >= 4 is 17.5 Å². The molecule has 0 aromatic heterocycles. The van der Waals surface area contributed by atoms with Gasteiger partial charge in [-0.1, -0.05) is 47.5 Å². The molecule has 2 rings (SSSR count). The van der Waals surface area contributed by atoms with E-state index in [2.05, 4.69) is 37.4 Å². The first-order valence-corrected chi connectivity index (χ1v) is 7.94. The Bertz CT molecular complexity index is 649. The lowest BCUT2D eigenvalue weighted by atomic mass is 10.00. The third-order valence-electron chi connectivity index (χ3n) is 3.83. The lowest BCUT2D eigenvalue weighted by Gasteiger charge is -2.17. The minimum Gasteiger partial charge on any atom is -0.350 e. The Labute approximate surface area is 137 Å². The van der Waals surface area contributed by atoms with E-state index in [-0.39, 0.29) is 11.9 Å². The lowest BCUT2D eigenvalue weighted by Crippen LogP contribution is -2.27. The minimum absolute atomic E-state index is 0.0256. The summed E-state index contributed by atoms with van der Waals surface area (Å²) in [6.45, 7) is 6.17. The Morgan fingerprint density at radius 1 is 1.14 bits per heavy atom. The van der Waals surface area contributed by atoms with E-state index in [0.717, 1.165) is 17.0 Å². The van der Waals surface area contributed by atoms with Crippen LogP contribution in [0.4, 0.5) is 0 Å². The summed E-state index contributed by atoms with van der Waals surface area (Å²) in [5.74, 6) is 0.0726. The molecule has 0 aliphatic rings. The summed E-state index contributed by atoms with van der Waals surface area (Å²) in [5.41, 5.74) is 4.72. The molecular formula is C19H22ClNO. The maximum Gasteiger partial charge on any atom is 0.220 e. The van der Waals surface area contributed by atoms with Crippen LogP contribution in [0, 0.1) is 13.8 Å². The van der Waals surface area contributed by atoms with E-state index in [9.17, 15) is 4.79 Å². The highest BCUT2D eigenvalue weighted by molar-refractivity contribution is 6.30. The molecule has 2 aromatic rings. The zero-order valence-electron chi connectivity index (χ0n) is 13.3. The maximum atomic E-state index is 12.1. The topological polar surface area (TPSA) is 29.1 Å². The number of benzene rings is 2. The van der Waals surface area contributed by atoms with Gasteiger partial charge >= 0.3 is 0 Å². The average Bonchev–Trinajstić information content (AvgIpc) is 2.49. The summed E-state index contributed by atoms with van der Waals surface area (Å²) in [5, 5.41) is 3.80. The van der Waals surface area contributed by atoms with E-state index in [0.29, 0.717) is 6.42 Å². The first-order valence-electron chi connectivity index (χ1n) is 7.56. The molecule has 1 amide bonds. The van der Waals surface area contributed by atoms with Crippen molar-refractivity contribution in [2.45, 2.75) is 39.7 Å². The van der Waals surface area contributed by atoms with Gasteiger partial charge in [0, 0.05) is 11.4 Å². The van der Waals surface area contributed by atoms with Crippen LogP contribution in [0.25, 0.3) is 0 Å². The van der Waals surface area contributed by atoms with Crippen LogP contribution in [0.1, 0.15) is 41.6 Å². The zero-order chi connectivity index (χ0) is 16.1. The summed E-state index contributed by atoms with van der Waals surface area (Å²) in [4.78, 5) is 12.1. The van der Waals surface area contributed by atoms with Gasteiger partial charge < -0.3 is 5.32 Å². The predicted molar refractivity (Wildman–Crippen MR) is 92.2 cm³/mol. The van der Waals surface area contributed by atoms with E-state index in [1.807, 2.05) is 31.2 Å². The molecule has 0 bridgehead atoms. The second kappa shape index (κ2) is 7.46. The molecule has 3 heteroatoms. The number of carbonyl (C=O) groups is 1. The maximum absolute atomic E-state index is 12.1. The summed E-state index contributed by atoms with van der Waals surface area (Å²) >= 11 is 5.86. The van der Waals surface area contributed by atoms with Crippen molar-refractivity contribution in [3.8, 4) is 0 Å². The van der Waals surface area contributed by atoms with Crippen LogP contribution in [0.5, 0.6) is 0 Å². The van der Waals surface area contributed by atoms with Crippen LogP contribution in [0.15, 0.2) is 42.5 Å². The van der Waals surface area contributed by atoms with E-state index >= 15 is 0 Å². The Morgan fingerprint density at radius 2 is 1.82 bits per heavy atom. The van der Waals surface area contributed by atoms with Gasteiger partial charge in [-0.3, -0.25) is 4.79 Å². The van der Waals surface area contributed by atoms with E-state index < -0.39 is 0 Å². The quantitative estimate of drug-likeness (QED) is 0.846. The number of aryl methyl sites for hydroxylation is 3. The molecule has 0 heterocycles. The van der Waals surface area contributed by atoms with Crippen LogP contribution in [0.3, 0.4) is 0 Å². The van der Waals surface area contributed by atoms with Crippen molar-refractivity contribution in [3.63, 3.8) is 0 Å². The molecule has 0 saturated heterocycles. The Balaban J connectivity index is 1.91. The van der Waals surface area contributed by atoms with Gasteiger partial charge in [0.05, 0.1) is 6.04 Å². The lowest BCUT2D eigenvalue weighted by molar-refractivity contribution is -0.121. The average molecular weight is 316 g/mol. The number of rotatable bonds is 5. The van der Waals surface area contributed by atoms with Crippen molar-refractivity contribution in [2.24, 2.45) is 0 Å². The smallest absolute Gasteiger partial charge is 0.220 e. The molecule has 22 heavy (non-hydrogen) atoms. The standard InChI is InChI=1S/C19H22ClNO/c1-13-4-5-14(2)18(12-13)15(3)21-19(22)11-8-16-6-9-17(20)10-7-16/h4-7,9-10,12,15H,8,11H2,1-3H3,(H,21,22)/t15-/m1/s1. The molecule has 116 valence electrons. The molecule has 1 atom stereocenters. The molecule has 2 aromatic carbocycles. The Hall–Kier alpha value is -1.80. The van der Waals surface area contributed by atoms with Gasteiger partial charge in [-0.05, 0) is 56.0 Å². The predicted octanol–water partition coefficient (Wildman–Crippen LogP) is 4.77. The second-order valence-corrected chi connectivity index (χ2v) is 6.21. The molecule has 0 aliphatic heterocycles. The summed E-state index contributed by atoms with van der Waals surface area (Å²) in [6.07, 6.45) is 1.21. The molecule has 2 nitrogen and oxygen atoms in total. The second-order valence-electron chi connectivity index (χ2n) is 5.78. The molecule has 0 aliphatic carbocycles. The number of hydrogen-bond donors (Lipinski definition) is 1. The SMILES string of the molecule is Cc1ccc(C)c([C@@H](C)NC(=O)CCc2ccc(Cl)cc2)c1. The van der Waals surface area contributed by atoms with Crippen molar-refractivity contribution < 1.29 is 4.79 Å². The van der Waals surface area contributed by atoms with Gasteiger partial charge in [0.15, 0.2) is 0 Å². The molecular weight excluding hydrogens is 294 g/mol. The van der Waals surface area contributed by atoms with Crippen molar-refractivity contribution in [3.05, 3.63) is 69.7 Å². The number of carbonyl (C=O) groups excluding carboxylic acids is 1. The summed E-state index contributed by atoms with van der Waals surface area (Å²) in [6, 6.07) is 14.0. The monoisotopic (exact) mass is 315 g/mol. The molecule has 0 saturated carbocycles. The third-order valence-corrected chi connectivity index (χ3v) is 4.08. The normalized spacial score (nSPS) is 12.0. The van der Waals surface area contributed by atoms with Crippen LogP contribution in [0.2, 0.25) is 5.02 Å². The van der Waals surface area contributed by atoms with Gasteiger partial charge in [-0.2, -0.15) is 0 Å². The summed E-state index contributed by atoms with van der Waals surface area (Å²) < 4.78 is 0. The Kier molecular flexibility index (Phi) is 5.62. The van der Waals surface area contributed by atoms with Gasteiger partial charge in [0.2, 0.25) is 5.91 Å². The fraction of sp³-hybridized carbons (Fsp3) is 0.316. The minimum atomic E-state index is 0.0256. The van der Waals surface area contributed by atoms with Crippen LogP contribution in [-0.2, 0) is 11.2 Å². The van der Waals surface area contributed by atoms with Gasteiger partial charge in [0.1, 0.15) is 0 Å². The molecule has 1 N–H and O–H groups in total. The van der Waals surface area contributed by atoms with Crippen molar-refractivity contribution in [1.29, 1.82) is 0 Å². The van der Waals surface area contributed by atoms with E-state index in [1.54, 1.807) is 0 Å². The Morgan fingerprint density at radius 3 is 2.50 bits per heavy atom. The van der Waals surface area contributed by atoms with Crippen LogP contribution >= 0.6 is 11.6 Å². The highest BCUT2D eigenvalue weighted by Gasteiger charge is 2.12. The largest absolute Gasteiger partial charge is 0.350 e. The molecule has 0 unspecified atom stereocenters. The molecule has 0 spiro atoms. The van der Waals surface area contributed by atoms with Crippen molar-refractivity contribution in [1.82, 2.24) is 5.32 Å². The number of amides is 1. The summed E-state index contributed by atoms with van der Waals surface area (Å²) in [7, 11) is 0. The van der Waals surface area contributed by atoms with Gasteiger partial charge in [0.25, 0.3) is 0 Å².